The molecule has 0 saturated heterocycles. The van der Waals surface area contributed by atoms with Crippen LogP contribution in [0.1, 0.15) is 78.2 Å². The van der Waals surface area contributed by atoms with Crippen LogP contribution in [0.15, 0.2) is 10.9 Å². The standard InChI is InChI=1S/C25H36N6O3S/c1-17(2)9-13-31-18-7-8-21-19(14-18)23(28-29(21)3)24(33)26-10-5-12-30(11-4-6-22(31)32)25(34)20-15-35-16-27-20/h15-18H,4-14H2,1-3H3,(H,26,33). The Morgan fingerprint density at radius 3 is 2.77 bits per heavy atom. The lowest BCUT2D eigenvalue weighted by atomic mass is 9.89. The molecule has 2 bridgehead atoms. The molecule has 35 heavy (non-hydrogen) atoms. The van der Waals surface area contributed by atoms with Crippen molar-refractivity contribution in [2.75, 3.05) is 26.2 Å². The summed E-state index contributed by atoms with van der Waals surface area (Å²) in [5.74, 6) is 0.308. The van der Waals surface area contributed by atoms with Crippen molar-refractivity contribution in [1.82, 2.24) is 29.9 Å². The molecule has 3 amide bonds. The predicted molar refractivity (Wildman–Crippen MR) is 134 cm³/mol. The number of thiazole rings is 1. The van der Waals surface area contributed by atoms with Crippen molar-refractivity contribution in [2.45, 2.75) is 64.8 Å². The number of hydrogen-bond acceptors (Lipinski definition) is 6. The first-order valence-corrected chi connectivity index (χ1v) is 13.6. The van der Waals surface area contributed by atoms with E-state index in [-0.39, 0.29) is 23.8 Å². The normalized spacial score (nSPS) is 19.9. The summed E-state index contributed by atoms with van der Waals surface area (Å²) in [6, 6.07) is 0.0577. The van der Waals surface area contributed by atoms with Crippen LogP contribution in [0, 0.1) is 5.92 Å². The molecule has 1 atom stereocenters. The Hall–Kier alpha value is -2.75. The lowest BCUT2D eigenvalue weighted by Crippen LogP contribution is -2.45. The first-order chi connectivity index (χ1) is 16.8. The predicted octanol–water partition coefficient (Wildman–Crippen LogP) is 2.66. The molecule has 2 aromatic heterocycles. The smallest absolute Gasteiger partial charge is 0.273 e. The van der Waals surface area contributed by atoms with Gasteiger partial charge in [-0.3, -0.25) is 19.1 Å². The van der Waals surface area contributed by atoms with Gasteiger partial charge in [-0.15, -0.1) is 11.3 Å². The van der Waals surface area contributed by atoms with E-state index in [0.29, 0.717) is 69.2 Å². The molecule has 1 aliphatic carbocycles. The summed E-state index contributed by atoms with van der Waals surface area (Å²) in [5.41, 5.74) is 4.61. The average molecular weight is 501 g/mol. The van der Waals surface area contributed by atoms with E-state index in [4.69, 9.17) is 0 Å². The number of aromatic nitrogens is 3. The van der Waals surface area contributed by atoms with Crippen LogP contribution in [0.2, 0.25) is 0 Å². The van der Waals surface area contributed by atoms with E-state index >= 15 is 0 Å². The minimum absolute atomic E-state index is 0.0577. The van der Waals surface area contributed by atoms with Crippen LogP contribution in [0.4, 0.5) is 0 Å². The number of aryl methyl sites for hydroxylation is 1. The van der Waals surface area contributed by atoms with E-state index in [2.05, 4.69) is 29.2 Å². The quantitative estimate of drug-likeness (QED) is 0.696. The molecule has 3 heterocycles. The van der Waals surface area contributed by atoms with E-state index < -0.39 is 0 Å². The fourth-order valence-corrected chi connectivity index (χ4v) is 5.57. The summed E-state index contributed by atoms with van der Waals surface area (Å²) in [7, 11) is 1.89. The summed E-state index contributed by atoms with van der Waals surface area (Å²) in [4.78, 5) is 47.4. The molecule has 0 radical (unpaired) electrons. The topological polar surface area (TPSA) is 100 Å². The molecule has 0 fully saturated rings. The summed E-state index contributed by atoms with van der Waals surface area (Å²) >= 11 is 1.39. The van der Waals surface area contributed by atoms with Crippen molar-refractivity contribution in [1.29, 1.82) is 0 Å². The van der Waals surface area contributed by atoms with Crippen molar-refractivity contribution >= 4 is 29.1 Å². The third kappa shape index (κ3) is 5.91. The van der Waals surface area contributed by atoms with Gasteiger partial charge in [0.15, 0.2) is 5.69 Å². The van der Waals surface area contributed by atoms with Gasteiger partial charge >= 0.3 is 0 Å². The molecular formula is C25H36N6O3S. The van der Waals surface area contributed by atoms with Crippen LogP contribution in [0.25, 0.3) is 0 Å². The van der Waals surface area contributed by atoms with Crippen molar-refractivity contribution in [3.63, 3.8) is 0 Å². The van der Waals surface area contributed by atoms with E-state index in [0.717, 1.165) is 30.5 Å². The van der Waals surface area contributed by atoms with Gasteiger partial charge in [-0.25, -0.2) is 4.98 Å². The highest BCUT2D eigenvalue weighted by Gasteiger charge is 2.33. The number of nitrogens with one attached hydrogen (secondary N) is 1. The number of nitrogens with zero attached hydrogens (tertiary/aromatic N) is 5. The summed E-state index contributed by atoms with van der Waals surface area (Å²) < 4.78 is 1.82. The molecule has 2 aliphatic rings. The Balaban J connectivity index is 1.59. The number of fused-ring (bicyclic) bond motifs is 1. The number of carbonyl (C=O) groups excluding carboxylic acids is 3. The largest absolute Gasteiger partial charge is 0.351 e. The maximum atomic E-state index is 13.5. The van der Waals surface area contributed by atoms with Crippen molar-refractivity contribution in [3.8, 4) is 0 Å². The van der Waals surface area contributed by atoms with E-state index in [1.54, 1.807) is 15.8 Å². The SMILES string of the molecule is CC(C)CCN1C(=O)CCCN(C(=O)c2cscn2)CCCNC(=O)c2nn(C)c3c2CC1CC3. The second-order valence-corrected chi connectivity index (χ2v) is 10.7. The van der Waals surface area contributed by atoms with Crippen LogP contribution in [-0.2, 0) is 24.7 Å². The Morgan fingerprint density at radius 1 is 1.23 bits per heavy atom. The molecule has 4 rings (SSSR count). The van der Waals surface area contributed by atoms with Gasteiger partial charge in [-0.2, -0.15) is 5.10 Å². The summed E-state index contributed by atoms with van der Waals surface area (Å²) in [5, 5.41) is 9.29. The maximum Gasteiger partial charge on any atom is 0.273 e. The van der Waals surface area contributed by atoms with Crippen LogP contribution in [0.3, 0.4) is 0 Å². The van der Waals surface area contributed by atoms with Crippen LogP contribution >= 0.6 is 11.3 Å². The number of amides is 3. The fraction of sp³-hybridized carbons (Fsp3) is 0.640. The third-order valence-electron chi connectivity index (χ3n) is 7.00. The molecule has 190 valence electrons. The van der Waals surface area contributed by atoms with Crippen molar-refractivity contribution in [2.24, 2.45) is 13.0 Å². The summed E-state index contributed by atoms with van der Waals surface area (Å²) in [6.07, 6.45) is 4.89. The Labute approximate surface area is 210 Å². The summed E-state index contributed by atoms with van der Waals surface area (Å²) in [6.45, 7) is 6.48. The number of rotatable bonds is 4. The van der Waals surface area contributed by atoms with Crippen LogP contribution < -0.4 is 5.32 Å². The van der Waals surface area contributed by atoms with Crippen molar-refractivity contribution < 1.29 is 14.4 Å². The minimum atomic E-state index is -0.185. The Kier molecular flexibility index (Phi) is 8.20. The Bertz CT molecular complexity index is 1050. The maximum absolute atomic E-state index is 13.5. The highest BCUT2D eigenvalue weighted by Crippen LogP contribution is 2.28. The third-order valence-corrected chi connectivity index (χ3v) is 7.59. The van der Waals surface area contributed by atoms with Gasteiger partial charge < -0.3 is 15.1 Å². The molecule has 2 aromatic rings. The van der Waals surface area contributed by atoms with Crippen molar-refractivity contribution in [3.05, 3.63) is 33.5 Å². The lowest BCUT2D eigenvalue weighted by Gasteiger charge is -2.35. The first-order valence-electron chi connectivity index (χ1n) is 12.6. The van der Waals surface area contributed by atoms with Crippen LogP contribution in [-0.4, -0.2) is 74.5 Å². The zero-order valence-corrected chi connectivity index (χ0v) is 21.8. The minimum Gasteiger partial charge on any atom is -0.351 e. The lowest BCUT2D eigenvalue weighted by molar-refractivity contribution is -0.134. The molecule has 1 unspecified atom stereocenters. The number of carbonyl (C=O) groups is 3. The van der Waals surface area contributed by atoms with Gasteiger partial charge in [-0.05, 0) is 44.4 Å². The highest BCUT2D eigenvalue weighted by molar-refractivity contribution is 7.07. The Morgan fingerprint density at radius 2 is 2.03 bits per heavy atom. The monoisotopic (exact) mass is 500 g/mol. The molecule has 9 nitrogen and oxygen atoms in total. The zero-order chi connectivity index (χ0) is 24.9. The van der Waals surface area contributed by atoms with Gasteiger partial charge in [0.1, 0.15) is 5.69 Å². The van der Waals surface area contributed by atoms with Crippen LogP contribution in [0.5, 0.6) is 0 Å². The van der Waals surface area contributed by atoms with E-state index in [9.17, 15) is 14.4 Å². The zero-order valence-electron chi connectivity index (χ0n) is 21.0. The second-order valence-electron chi connectivity index (χ2n) is 9.94. The molecule has 0 aromatic carbocycles. The van der Waals surface area contributed by atoms with Gasteiger partial charge in [0, 0.05) is 62.3 Å². The first kappa shape index (κ1) is 25.3. The molecular weight excluding hydrogens is 464 g/mol. The highest BCUT2D eigenvalue weighted by atomic mass is 32.1. The molecule has 1 aliphatic heterocycles. The van der Waals surface area contributed by atoms with Gasteiger partial charge in [-0.1, -0.05) is 13.8 Å². The molecule has 10 heteroatoms. The molecule has 1 N–H and O–H groups in total. The van der Waals surface area contributed by atoms with E-state index in [1.807, 2.05) is 16.6 Å². The molecule has 0 saturated carbocycles. The van der Waals surface area contributed by atoms with E-state index in [1.165, 1.54) is 11.3 Å². The molecule has 0 spiro atoms. The van der Waals surface area contributed by atoms with Gasteiger partial charge in [0.2, 0.25) is 5.91 Å². The van der Waals surface area contributed by atoms with Gasteiger partial charge in [0.05, 0.1) is 5.51 Å². The number of hydrogen-bond donors (Lipinski definition) is 1. The fourth-order valence-electron chi connectivity index (χ4n) is 5.04. The average Bonchev–Trinajstić information content (AvgIpc) is 3.48. The van der Waals surface area contributed by atoms with Gasteiger partial charge in [0.25, 0.3) is 11.8 Å². The second kappa shape index (κ2) is 11.3.